The van der Waals surface area contributed by atoms with Gasteiger partial charge in [0.2, 0.25) is 0 Å². The minimum absolute atomic E-state index is 0.0129. The first-order valence-electron chi connectivity index (χ1n) is 17.1. The predicted molar refractivity (Wildman–Crippen MR) is 185 cm³/mol. The van der Waals surface area contributed by atoms with E-state index < -0.39 is 17.4 Å². The number of amides is 2. The summed E-state index contributed by atoms with van der Waals surface area (Å²) in [5.74, 6) is -1.70. The molecule has 2 amide bonds. The van der Waals surface area contributed by atoms with E-state index in [9.17, 15) is 18.8 Å². The number of nitrogens with zero attached hydrogens (tertiary/aromatic N) is 3. The standard InChI is InChI=1S/C41H38FN3O4/c1-49-40(48)41(24-27-16-18-32(42)19-17-27)37-31(26-45(41)38(46)29-11-3-2-4-12-29)22-35-34(37)23-36(39(47)43-20-7-8-21-43)44(35)25-30-14-9-13-28-10-5-6-15-33(28)30/h2-6,9-19,23,31,37H,7-8,20-22,24-26H2,1H3/t31-,37+,41+/m0/s1. The molecule has 3 aliphatic rings. The summed E-state index contributed by atoms with van der Waals surface area (Å²) in [7, 11) is 1.36. The Labute approximate surface area is 284 Å². The van der Waals surface area contributed by atoms with E-state index in [4.69, 9.17) is 4.74 Å². The van der Waals surface area contributed by atoms with Crippen molar-refractivity contribution in [2.24, 2.45) is 5.92 Å². The monoisotopic (exact) mass is 655 g/mol. The Morgan fingerprint density at radius 1 is 0.857 bits per heavy atom. The second-order valence-corrected chi connectivity index (χ2v) is 13.6. The molecule has 0 N–H and O–H groups in total. The number of carbonyl (C=O) groups is 3. The summed E-state index contributed by atoms with van der Waals surface area (Å²) in [5, 5.41) is 2.26. The second-order valence-electron chi connectivity index (χ2n) is 13.6. The summed E-state index contributed by atoms with van der Waals surface area (Å²) >= 11 is 0. The van der Waals surface area contributed by atoms with E-state index in [0.717, 1.165) is 46.0 Å². The fraction of sp³-hybridized carbons (Fsp3) is 0.293. The van der Waals surface area contributed by atoms with Gasteiger partial charge in [-0.1, -0.05) is 72.8 Å². The smallest absolute Gasteiger partial charge is 0.332 e. The van der Waals surface area contributed by atoms with Crippen LogP contribution in [0.15, 0.2) is 103 Å². The van der Waals surface area contributed by atoms with E-state index in [1.54, 1.807) is 29.2 Å². The lowest BCUT2D eigenvalue weighted by Crippen LogP contribution is -2.58. The molecule has 8 rings (SSSR count). The molecule has 248 valence electrons. The number of esters is 1. The Hall–Kier alpha value is -5.24. The van der Waals surface area contributed by atoms with Crippen LogP contribution in [0.3, 0.4) is 0 Å². The summed E-state index contributed by atoms with van der Waals surface area (Å²) < 4.78 is 21.9. The molecule has 7 nitrogen and oxygen atoms in total. The summed E-state index contributed by atoms with van der Waals surface area (Å²) in [4.78, 5) is 46.7. The minimum atomic E-state index is -1.42. The number of aromatic nitrogens is 1. The number of hydrogen-bond donors (Lipinski definition) is 0. The molecule has 0 bridgehead atoms. The van der Waals surface area contributed by atoms with Gasteiger partial charge in [-0.25, -0.2) is 9.18 Å². The number of rotatable bonds is 7. The van der Waals surface area contributed by atoms with Crippen molar-refractivity contribution in [1.82, 2.24) is 14.4 Å². The first-order valence-corrected chi connectivity index (χ1v) is 17.1. The van der Waals surface area contributed by atoms with E-state index >= 15 is 0 Å². The number of benzene rings is 4. The molecule has 3 heterocycles. The average molecular weight is 656 g/mol. The van der Waals surface area contributed by atoms with Crippen molar-refractivity contribution in [1.29, 1.82) is 0 Å². The topological polar surface area (TPSA) is 71.9 Å². The highest BCUT2D eigenvalue weighted by Gasteiger charge is 2.64. The number of fused-ring (bicyclic) bond motifs is 4. The molecule has 2 saturated heterocycles. The van der Waals surface area contributed by atoms with E-state index in [2.05, 4.69) is 34.9 Å². The van der Waals surface area contributed by atoms with Crippen LogP contribution in [-0.4, -0.2) is 64.4 Å². The van der Waals surface area contributed by atoms with Crippen molar-refractivity contribution in [2.75, 3.05) is 26.7 Å². The predicted octanol–water partition coefficient (Wildman–Crippen LogP) is 6.63. The number of hydrogen-bond acceptors (Lipinski definition) is 4. The first-order chi connectivity index (χ1) is 23.9. The van der Waals surface area contributed by atoms with E-state index in [1.807, 2.05) is 41.3 Å². The van der Waals surface area contributed by atoms with Crippen LogP contribution in [0.25, 0.3) is 10.8 Å². The summed E-state index contributed by atoms with van der Waals surface area (Å²) in [6.07, 6.45) is 2.68. The highest BCUT2D eigenvalue weighted by molar-refractivity contribution is 6.00. The Balaban J connectivity index is 1.30. The molecule has 1 aliphatic carbocycles. The van der Waals surface area contributed by atoms with Crippen LogP contribution in [-0.2, 0) is 28.9 Å². The molecule has 0 unspecified atom stereocenters. The number of halogens is 1. The highest BCUT2D eigenvalue weighted by atomic mass is 19.1. The number of methoxy groups -OCH3 is 1. The maximum absolute atomic E-state index is 14.4. The lowest BCUT2D eigenvalue weighted by Gasteiger charge is -2.40. The zero-order valence-corrected chi connectivity index (χ0v) is 27.5. The third-order valence-corrected chi connectivity index (χ3v) is 10.9. The normalized spacial score (nSPS) is 21.2. The third kappa shape index (κ3) is 5.12. The molecule has 5 aromatic rings. The van der Waals surface area contributed by atoms with Gasteiger partial charge in [0.1, 0.15) is 11.5 Å². The van der Waals surface area contributed by atoms with Crippen molar-refractivity contribution in [3.05, 3.63) is 143 Å². The van der Waals surface area contributed by atoms with Gasteiger partial charge in [0, 0.05) is 49.8 Å². The van der Waals surface area contributed by atoms with Crippen LogP contribution < -0.4 is 0 Å². The molecule has 0 saturated carbocycles. The minimum Gasteiger partial charge on any atom is -0.467 e. The summed E-state index contributed by atoms with van der Waals surface area (Å²) in [5.41, 5.74) is 3.41. The zero-order chi connectivity index (χ0) is 33.7. The van der Waals surface area contributed by atoms with Crippen molar-refractivity contribution < 1.29 is 23.5 Å². The molecule has 4 aromatic carbocycles. The van der Waals surface area contributed by atoms with Crippen molar-refractivity contribution >= 4 is 28.6 Å². The SMILES string of the molecule is COC(=O)[C@@]1(Cc2ccc(F)cc2)[C@H]2c3cc(C(=O)N4CCCC4)n(Cc4cccc5ccccc45)c3C[C@H]2CN1C(=O)c1ccccc1. The van der Waals surface area contributed by atoms with Crippen molar-refractivity contribution in [2.45, 2.75) is 43.7 Å². The van der Waals surface area contributed by atoms with Crippen LogP contribution in [0.2, 0.25) is 0 Å². The molecule has 0 spiro atoms. The van der Waals surface area contributed by atoms with Crippen LogP contribution in [0.5, 0.6) is 0 Å². The average Bonchev–Trinajstić information content (AvgIpc) is 3.92. The zero-order valence-electron chi connectivity index (χ0n) is 27.5. The number of ether oxygens (including phenoxy) is 1. The van der Waals surface area contributed by atoms with Gasteiger partial charge in [-0.3, -0.25) is 9.59 Å². The fourth-order valence-corrected chi connectivity index (χ4v) is 8.76. The van der Waals surface area contributed by atoms with Gasteiger partial charge in [0.05, 0.1) is 7.11 Å². The highest BCUT2D eigenvalue weighted by Crippen LogP contribution is 2.55. The van der Waals surface area contributed by atoms with E-state index in [1.165, 1.54) is 19.2 Å². The summed E-state index contributed by atoms with van der Waals surface area (Å²) in [6.45, 7) is 2.27. The van der Waals surface area contributed by atoms with Gasteiger partial charge >= 0.3 is 5.97 Å². The Kier molecular flexibility index (Phi) is 7.82. The molecule has 2 fully saturated rings. The molecule has 3 atom stereocenters. The Morgan fingerprint density at radius 2 is 1.57 bits per heavy atom. The number of likely N-dealkylation sites (tertiary alicyclic amines) is 2. The first kappa shape index (κ1) is 31.1. The van der Waals surface area contributed by atoms with Gasteiger partial charge in [-0.2, -0.15) is 0 Å². The molecule has 0 radical (unpaired) electrons. The Bertz CT molecular complexity index is 2060. The second kappa shape index (κ2) is 12.3. The van der Waals surface area contributed by atoms with Crippen LogP contribution in [0.1, 0.15) is 62.0 Å². The van der Waals surface area contributed by atoms with Gasteiger partial charge in [0.25, 0.3) is 11.8 Å². The fourth-order valence-electron chi connectivity index (χ4n) is 8.76. The van der Waals surface area contributed by atoms with Gasteiger partial charge in [0.15, 0.2) is 5.54 Å². The lowest BCUT2D eigenvalue weighted by molar-refractivity contribution is -0.153. The largest absolute Gasteiger partial charge is 0.467 e. The van der Waals surface area contributed by atoms with Crippen molar-refractivity contribution in [3.63, 3.8) is 0 Å². The van der Waals surface area contributed by atoms with E-state index in [0.29, 0.717) is 43.9 Å². The molecular weight excluding hydrogens is 617 g/mol. The van der Waals surface area contributed by atoms with Gasteiger partial charge in [-0.05, 0) is 83.0 Å². The quantitative estimate of drug-likeness (QED) is 0.185. The van der Waals surface area contributed by atoms with E-state index in [-0.39, 0.29) is 30.0 Å². The lowest BCUT2D eigenvalue weighted by atomic mass is 9.75. The van der Waals surface area contributed by atoms with Crippen LogP contribution in [0, 0.1) is 11.7 Å². The number of carbonyl (C=O) groups excluding carboxylic acids is 3. The maximum atomic E-state index is 14.4. The van der Waals surface area contributed by atoms with Crippen molar-refractivity contribution in [3.8, 4) is 0 Å². The van der Waals surface area contributed by atoms with Gasteiger partial charge in [-0.15, -0.1) is 0 Å². The van der Waals surface area contributed by atoms with Gasteiger partial charge < -0.3 is 19.1 Å². The molecule has 2 aliphatic heterocycles. The summed E-state index contributed by atoms with van der Waals surface area (Å²) in [6, 6.07) is 31.6. The molecule has 1 aromatic heterocycles. The van der Waals surface area contributed by atoms with Crippen LogP contribution >= 0.6 is 0 Å². The molecule has 49 heavy (non-hydrogen) atoms. The molecular formula is C41H38FN3O4. The maximum Gasteiger partial charge on any atom is 0.332 e. The third-order valence-electron chi connectivity index (χ3n) is 10.9. The Morgan fingerprint density at radius 3 is 2.33 bits per heavy atom. The van der Waals surface area contributed by atoms with Crippen LogP contribution in [0.4, 0.5) is 4.39 Å². The molecule has 8 heteroatoms.